The second kappa shape index (κ2) is 6.52. The summed E-state index contributed by atoms with van der Waals surface area (Å²) in [7, 11) is 0. The van der Waals surface area contributed by atoms with E-state index in [1.54, 1.807) is 5.57 Å². The average molecular weight is 288 g/mol. The molecule has 0 aromatic carbocycles. The number of hydrogen-bond donors (Lipinski definition) is 1. The smallest absolute Gasteiger partial charge is 0.0782 e. The van der Waals surface area contributed by atoms with Crippen molar-refractivity contribution in [3.63, 3.8) is 0 Å². The molecular formula is C20H32O. The third-order valence-electron chi connectivity index (χ3n) is 5.68. The highest BCUT2D eigenvalue weighted by atomic mass is 16.3. The van der Waals surface area contributed by atoms with Crippen LogP contribution in [0.5, 0.6) is 0 Å². The summed E-state index contributed by atoms with van der Waals surface area (Å²) in [6.45, 7) is 11.3. The van der Waals surface area contributed by atoms with Crippen LogP contribution in [0, 0.1) is 17.3 Å². The highest BCUT2D eigenvalue weighted by molar-refractivity contribution is 5.21. The number of rotatable bonds is 0. The molecule has 0 aromatic rings. The van der Waals surface area contributed by atoms with E-state index in [2.05, 4.69) is 52.8 Å². The van der Waals surface area contributed by atoms with E-state index in [0.717, 1.165) is 30.8 Å². The minimum absolute atomic E-state index is 0.308. The highest BCUT2D eigenvalue weighted by Crippen LogP contribution is 2.61. The molecule has 0 aliphatic heterocycles. The Bertz CT molecular complexity index is 464. The van der Waals surface area contributed by atoms with Crippen molar-refractivity contribution < 1.29 is 5.11 Å². The highest BCUT2D eigenvalue weighted by Gasteiger charge is 2.55. The summed E-state index contributed by atoms with van der Waals surface area (Å²) in [6, 6.07) is 0. The van der Waals surface area contributed by atoms with Crippen molar-refractivity contribution in [3.05, 3.63) is 34.9 Å². The van der Waals surface area contributed by atoms with Crippen LogP contribution in [-0.2, 0) is 0 Å². The predicted molar refractivity (Wildman–Crippen MR) is 91.1 cm³/mol. The first-order valence-corrected chi connectivity index (χ1v) is 8.50. The molecule has 1 nitrogen and oxygen atoms in total. The van der Waals surface area contributed by atoms with Crippen molar-refractivity contribution in [3.8, 4) is 0 Å². The Kier molecular flexibility index (Phi) is 5.14. The number of aliphatic hydroxyl groups is 1. The van der Waals surface area contributed by atoms with E-state index in [-0.39, 0.29) is 6.10 Å². The standard InChI is InChI=1S/C20H32O/c1-14-7-6-8-15(2)10-12-19(21)16(3)13-18-17(11-9-14)20(18,4)5/h7,10,13,17-19,21H,6,8-9,11-12H2,1-5H3/b14-7+,15-10+,16-13+/t17-,18+,19?/m0/s1. The van der Waals surface area contributed by atoms with Gasteiger partial charge < -0.3 is 5.11 Å². The van der Waals surface area contributed by atoms with Gasteiger partial charge in [-0.05, 0) is 75.7 Å². The maximum absolute atomic E-state index is 10.3. The van der Waals surface area contributed by atoms with Crippen molar-refractivity contribution in [2.45, 2.75) is 72.8 Å². The fourth-order valence-corrected chi connectivity index (χ4v) is 3.70. The molecule has 1 N–H and O–H groups in total. The van der Waals surface area contributed by atoms with Gasteiger partial charge in [0.25, 0.3) is 0 Å². The molecule has 0 bridgehead atoms. The topological polar surface area (TPSA) is 20.2 Å². The van der Waals surface area contributed by atoms with Crippen molar-refractivity contribution in [2.75, 3.05) is 0 Å². The molecule has 0 radical (unpaired) electrons. The quantitative estimate of drug-likeness (QED) is 0.590. The van der Waals surface area contributed by atoms with Gasteiger partial charge in [-0.2, -0.15) is 0 Å². The molecule has 1 unspecified atom stereocenters. The molecule has 0 heterocycles. The van der Waals surface area contributed by atoms with Crippen LogP contribution in [0.3, 0.4) is 0 Å². The summed E-state index contributed by atoms with van der Waals surface area (Å²) in [5, 5.41) is 10.3. The molecule has 0 amide bonds. The summed E-state index contributed by atoms with van der Waals surface area (Å²) in [5.41, 5.74) is 4.51. The van der Waals surface area contributed by atoms with Crippen LogP contribution in [-0.4, -0.2) is 11.2 Å². The summed E-state index contributed by atoms with van der Waals surface area (Å²) in [6.07, 6.45) is 12.2. The second-order valence-electron chi connectivity index (χ2n) is 7.79. The van der Waals surface area contributed by atoms with E-state index in [1.165, 1.54) is 18.4 Å². The molecule has 21 heavy (non-hydrogen) atoms. The number of allylic oxidation sites excluding steroid dienone is 4. The van der Waals surface area contributed by atoms with Crippen LogP contribution >= 0.6 is 0 Å². The number of aliphatic hydroxyl groups excluding tert-OH is 1. The van der Waals surface area contributed by atoms with Crippen molar-refractivity contribution >= 4 is 0 Å². The van der Waals surface area contributed by atoms with E-state index in [0.29, 0.717) is 11.3 Å². The molecule has 118 valence electrons. The Morgan fingerprint density at radius 3 is 2.43 bits per heavy atom. The van der Waals surface area contributed by atoms with E-state index in [1.807, 2.05) is 0 Å². The Morgan fingerprint density at radius 1 is 1.05 bits per heavy atom. The number of hydrogen-bond acceptors (Lipinski definition) is 1. The monoisotopic (exact) mass is 288 g/mol. The summed E-state index contributed by atoms with van der Waals surface area (Å²) >= 11 is 0. The molecule has 0 spiro atoms. The minimum atomic E-state index is -0.308. The van der Waals surface area contributed by atoms with Gasteiger partial charge in [-0.3, -0.25) is 0 Å². The minimum Gasteiger partial charge on any atom is -0.388 e. The molecule has 0 saturated heterocycles. The molecule has 1 saturated carbocycles. The lowest BCUT2D eigenvalue weighted by atomic mass is 10.0. The first-order chi connectivity index (χ1) is 9.82. The third-order valence-corrected chi connectivity index (χ3v) is 5.68. The van der Waals surface area contributed by atoms with Crippen LogP contribution < -0.4 is 0 Å². The number of fused-ring (bicyclic) bond motifs is 1. The zero-order chi connectivity index (χ0) is 15.6. The van der Waals surface area contributed by atoms with Gasteiger partial charge in [-0.25, -0.2) is 0 Å². The van der Waals surface area contributed by atoms with Gasteiger partial charge in [0.2, 0.25) is 0 Å². The van der Waals surface area contributed by atoms with Gasteiger partial charge in [-0.15, -0.1) is 0 Å². The predicted octanol–water partition coefficient (Wildman–Crippen LogP) is 5.42. The largest absolute Gasteiger partial charge is 0.388 e. The molecule has 2 rings (SSSR count). The van der Waals surface area contributed by atoms with Gasteiger partial charge in [0.15, 0.2) is 0 Å². The lowest BCUT2D eigenvalue weighted by Gasteiger charge is -2.11. The Morgan fingerprint density at radius 2 is 1.71 bits per heavy atom. The first kappa shape index (κ1) is 16.5. The van der Waals surface area contributed by atoms with Crippen molar-refractivity contribution in [2.24, 2.45) is 17.3 Å². The summed E-state index contributed by atoms with van der Waals surface area (Å²) < 4.78 is 0. The SMILES string of the molecule is C/C1=C\CC(O)/C(C)=C/[C@@H]2[C@H](CC/C(C)=C/CC1)C2(C)C. The van der Waals surface area contributed by atoms with Crippen LogP contribution in [0.15, 0.2) is 34.9 Å². The van der Waals surface area contributed by atoms with Gasteiger partial charge in [0.1, 0.15) is 0 Å². The lowest BCUT2D eigenvalue weighted by Crippen LogP contribution is -2.07. The van der Waals surface area contributed by atoms with Crippen molar-refractivity contribution in [1.82, 2.24) is 0 Å². The molecule has 2 aliphatic carbocycles. The van der Waals surface area contributed by atoms with Crippen LogP contribution in [0.2, 0.25) is 0 Å². The molecule has 1 fully saturated rings. The average Bonchev–Trinajstić information content (AvgIpc) is 2.93. The van der Waals surface area contributed by atoms with E-state index >= 15 is 0 Å². The fourth-order valence-electron chi connectivity index (χ4n) is 3.70. The molecule has 0 aromatic heterocycles. The molecule has 2 aliphatic rings. The van der Waals surface area contributed by atoms with Crippen LogP contribution in [0.25, 0.3) is 0 Å². The molecular weight excluding hydrogens is 256 g/mol. The van der Waals surface area contributed by atoms with E-state index in [9.17, 15) is 5.11 Å². The zero-order valence-electron chi connectivity index (χ0n) is 14.4. The van der Waals surface area contributed by atoms with Gasteiger partial charge in [0.05, 0.1) is 6.10 Å². The van der Waals surface area contributed by atoms with Crippen LogP contribution in [0.4, 0.5) is 0 Å². The lowest BCUT2D eigenvalue weighted by molar-refractivity contribution is 0.213. The van der Waals surface area contributed by atoms with E-state index in [4.69, 9.17) is 0 Å². The summed E-state index contributed by atoms with van der Waals surface area (Å²) in [4.78, 5) is 0. The Labute approximate surface area is 130 Å². The zero-order valence-corrected chi connectivity index (χ0v) is 14.4. The molecule has 1 heteroatoms. The maximum atomic E-state index is 10.3. The normalized spacial score (nSPS) is 41.4. The van der Waals surface area contributed by atoms with Gasteiger partial charge in [0, 0.05) is 0 Å². The first-order valence-electron chi connectivity index (χ1n) is 8.50. The van der Waals surface area contributed by atoms with Crippen molar-refractivity contribution in [1.29, 1.82) is 0 Å². The van der Waals surface area contributed by atoms with Gasteiger partial charge >= 0.3 is 0 Å². The third kappa shape index (κ3) is 4.10. The van der Waals surface area contributed by atoms with Crippen LogP contribution in [0.1, 0.15) is 66.7 Å². The second-order valence-corrected chi connectivity index (χ2v) is 7.79. The van der Waals surface area contributed by atoms with E-state index < -0.39 is 0 Å². The summed E-state index contributed by atoms with van der Waals surface area (Å²) in [5.74, 6) is 1.43. The molecule has 3 atom stereocenters. The Balaban J connectivity index is 2.16. The van der Waals surface area contributed by atoms with Gasteiger partial charge in [-0.1, -0.05) is 43.2 Å². The Hall–Kier alpha value is -0.820. The maximum Gasteiger partial charge on any atom is 0.0782 e. The fraction of sp³-hybridized carbons (Fsp3) is 0.700.